The first kappa shape index (κ1) is 11.4. The average Bonchev–Trinajstić information content (AvgIpc) is 2.59. The molecule has 0 N–H and O–H groups in total. The van der Waals surface area contributed by atoms with E-state index in [1.807, 2.05) is 42.1 Å². The fourth-order valence-corrected chi connectivity index (χ4v) is 2.18. The third-order valence-electron chi connectivity index (χ3n) is 2.69. The molecule has 86 valence electrons. The molecule has 0 saturated heterocycles. The molecule has 0 spiro atoms. The minimum Gasteiger partial charge on any atom is -0.311 e. The number of halogens is 1. The summed E-state index contributed by atoms with van der Waals surface area (Å²) in [5.41, 5.74) is 2.18. The summed E-state index contributed by atoms with van der Waals surface area (Å²) < 4.78 is 0. The highest BCUT2D eigenvalue weighted by Gasteiger charge is 2.24. The second kappa shape index (κ2) is 4.44. The third kappa shape index (κ3) is 2.20. The van der Waals surface area contributed by atoms with Crippen LogP contribution in [-0.4, -0.2) is 38.0 Å². The molecule has 1 amide bonds. The van der Waals surface area contributed by atoms with Gasteiger partial charge in [-0.2, -0.15) is 0 Å². The lowest BCUT2D eigenvalue weighted by molar-refractivity contribution is -0.119. The van der Waals surface area contributed by atoms with Gasteiger partial charge in [0, 0.05) is 17.3 Å². The van der Waals surface area contributed by atoms with Crippen LogP contribution < -0.4 is 4.90 Å². The molecule has 1 aliphatic rings. The summed E-state index contributed by atoms with van der Waals surface area (Å²) in [6.07, 6.45) is 0.898. The normalized spacial score (nSPS) is 14.4. The van der Waals surface area contributed by atoms with Crippen molar-refractivity contribution in [3.63, 3.8) is 0 Å². The number of anilines is 1. The summed E-state index contributed by atoms with van der Waals surface area (Å²) in [5.74, 6) is 0.145. The lowest BCUT2D eigenvalue weighted by Crippen LogP contribution is -2.36. The van der Waals surface area contributed by atoms with Gasteiger partial charge in [0.2, 0.25) is 5.91 Å². The molecule has 1 aliphatic heterocycles. The summed E-state index contributed by atoms with van der Waals surface area (Å²) in [7, 11) is 3.80. The van der Waals surface area contributed by atoms with Crippen molar-refractivity contribution in [2.75, 3.05) is 32.1 Å². The first-order valence-corrected chi connectivity index (χ1v) is 5.69. The molecule has 0 aromatic heterocycles. The van der Waals surface area contributed by atoms with Gasteiger partial charge in [0.05, 0.1) is 6.54 Å². The van der Waals surface area contributed by atoms with Crippen molar-refractivity contribution in [3.05, 3.63) is 28.8 Å². The van der Waals surface area contributed by atoms with Crippen LogP contribution in [0.5, 0.6) is 0 Å². The largest absolute Gasteiger partial charge is 0.311 e. The summed E-state index contributed by atoms with van der Waals surface area (Å²) in [4.78, 5) is 15.7. The molecule has 0 bridgehead atoms. The molecule has 0 fully saturated rings. The Bertz CT molecular complexity index is 417. The highest BCUT2D eigenvalue weighted by molar-refractivity contribution is 6.30. The van der Waals surface area contributed by atoms with Crippen molar-refractivity contribution in [2.24, 2.45) is 0 Å². The Morgan fingerprint density at radius 3 is 2.94 bits per heavy atom. The van der Waals surface area contributed by atoms with Crippen LogP contribution in [0.3, 0.4) is 0 Å². The van der Waals surface area contributed by atoms with Gasteiger partial charge in [0.1, 0.15) is 0 Å². The SMILES string of the molecule is CN(C)CC(=O)N1CCc2cc(Cl)ccc21. The van der Waals surface area contributed by atoms with Gasteiger partial charge in [-0.05, 0) is 44.3 Å². The number of hydrogen-bond donors (Lipinski definition) is 0. The minimum atomic E-state index is 0.145. The van der Waals surface area contributed by atoms with E-state index in [2.05, 4.69) is 0 Å². The molecule has 0 atom stereocenters. The molecule has 0 saturated carbocycles. The molecule has 1 aromatic rings. The van der Waals surface area contributed by atoms with Crippen LogP contribution in [0.2, 0.25) is 5.02 Å². The standard InChI is InChI=1S/C12H15ClN2O/c1-14(2)8-12(16)15-6-5-9-7-10(13)3-4-11(9)15/h3-4,7H,5-6,8H2,1-2H3. The number of amides is 1. The average molecular weight is 239 g/mol. The van der Waals surface area contributed by atoms with Crippen LogP contribution in [0.4, 0.5) is 5.69 Å². The van der Waals surface area contributed by atoms with Gasteiger partial charge in [-0.3, -0.25) is 4.79 Å². The van der Waals surface area contributed by atoms with Crippen molar-refractivity contribution in [1.82, 2.24) is 4.90 Å². The van der Waals surface area contributed by atoms with Crippen molar-refractivity contribution in [1.29, 1.82) is 0 Å². The number of fused-ring (bicyclic) bond motifs is 1. The molecule has 1 aromatic carbocycles. The second-order valence-corrected chi connectivity index (χ2v) is 4.74. The summed E-state index contributed by atoms with van der Waals surface area (Å²) >= 11 is 5.92. The van der Waals surface area contributed by atoms with E-state index in [-0.39, 0.29) is 5.91 Å². The number of carbonyl (C=O) groups excluding carboxylic acids is 1. The molecular weight excluding hydrogens is 224 g/mol. The van der Waals surface area contributed by atoms with Crippen molar-refractivity contribution >= 4 is 23.2 Å². The maximum absolute atomic E-state index is 12.0. The molecule has 4 heteroatoms. The maximum atomic E-state index is 12.0. The molecular formula is C12H15ClN2O. The number of carbonyl (C=O) groups is 1. The van der Waals surface area contributed by atoms with Gasteiger partial charge in [-0.15, -0.1) is 0 Å². The fourth-order valence-electron chi connectivity index (χ4n) is 1.99. The predicted molar refractivity (Wildman–Crippen MR) is 66.1 cm³/mol. The monoisotopic (exact) mass is 238 g/mol. The third-order valence-corrected chi connectivity index (χ3v) is 2.92. The van der Waals surface area contributed by atoms with Crippen LogP contribution in [0.1, 0.15) is 5.56 Å². The van der Waals surface area contributed by atoms with E-state index < -0.39 is 0 Å². The highest BCUT2D eigenvalue weighted by atomic mass is 35.5. The van der Waals surface area contributed by atoms with Crippen LogP contribution in [0.25, 0.3) is 0 Å². The minimum absolute atomic E-state index is 0.145. The first-order chi connectivity index (χ1) is 7.58. The lowest BCUT2D eigenvalue weighted by Gasteiger charge is -2.19. The van der Waals surface area contributed by atoms with Gasteiger partial charge in [0.15, 0.2) is 0 Å². The van der Waals surface area contributed by atoms with E-state index in [4.69, 9.17) is 11.6 Å². The smallest absolute Gasteiger partial charge is 0.241 e. The topological polar surface area (TPSA) is 23.6 Å². The van der Waals surface area contributed by atoms with E-state index in [0.717, 1.165) is 23.7 Å². The molecule has 1 heterocycles. The number of rotatable bonds is 2. The van der Waals surface area contributed by atoms with Gasteiger partial charge < -0.3 is 9.80 Å². The Balaban J connectivity index is 2.20. The van der Waals surface area contributed by atoms with Crippen LogP contribution in [0.15, 0.2) is 18.2 Å². The number of benzene rings is 1. The zero-order valence-electron chi connectivity index (χ0n) is 9.53. The Kier molecular flexibility index (Phi) is 3.17. The molecule has 3 nitrogen and oxygen atoms in total. The quantitative estimate of drug-likeness (QED) is 0.785. The van der Waals surface area contributed by atoms with Gasteiger partial charge in [0.25, 0.3) is 0 Å². The Labute approximate surface area is 101 Å². The number of nitrogens with zero attached hydrogens (tertiary/aromatic N) is 2. The van der Waals surface area contributed by atoms with Crippen molar-refractivity contribution < 1.29 is 4.79 Å². The van der Waals surface area contributed by atoms with Gasteiger partial charge in [-0.25, -0.2) is 0 Å². The zero-order chi connectivity index (χ0) is 11.7. The maximum Gasteiger partial charge on any atom is 0.241 e. The van der Waals surface area contributed by atoms with Crippen LogP contribution in [0, 0.1) is 0 Å². The van der Waals surface area contributed by atoms with Gasteiger partial charge in [-0.1, -0.05) is 11.6 Å². The first-order valence-electron chi connectivity index (χ1n) is 5.31. The molecule has 16 heavy (non-hydrogen) atoms. The molecule has 0 radical (unpaired) electrons. The Hall–Kier alpha value is -1.06. The van der Waals surface area contributed by atoms with E-state index in [1.165, 1.54) is 5.56 Å². The second-order valence-electron chi connectivity index (χ2n) is 4.31. The summed E-state index contributed by atoms with van der Waals surface area (Å²) in [6.45, 7) is 1.21. The molecule has 0 unspecified atom stereocenters. The summed E-state index contributed by atoms with van der Waals surface area (Å²) in [6, 6.07) is 5.71. The summed E-state index contributed by atoms with van der Waals surface area (Å²) in [5, 5.41) is 0.737. The van der Waals surface area contributed by atoms with Crippen LogP contribution >= 0.6 is 11.6 Å². The van der Waals surface area contributed by atoms with Crippen molar-refractivity contribution in [2.45, 2.75) is 6.42 Å². The molecule has 0 aliphatic carbocycles. The Morgan fingerprint density at radius 2 is 2.25 bits per heavy atom. The number of hydrogen-bond acceptors (Lipinski definition) is 2. The van der Waals surface area contributed by atoms with E-state index in [0.29, 0.717) is 6.54 Å². The van der Waals surface area contributed by atoms with E-state index >= 15 is 0 Å². The molecule has 2 rings (SSSR count). The zero-order valence-corrected chi connectivity index (χ0v) is 10.3. The van der Waals surface area contributed by atoms with E-state index in [9.17, 15) is 4.79 Å². The van der Waals surface area contributed by atoms with Crippen LogP contribution in [-0.2, 0) is 11.2 Å². The predicted octanol–water partition coefficient (Wildman–Crippen LogP) is 1.79. The van der Waals surface area contributed by atoms with E-state index in [1.54, 1.807) is 0 Å². The Morgan fingerprint density at radius 1 is 1.50 bits per heavy atom. The van der Waals surface area contributed by atoms with Gasteiger partial charge >= 0.3 is 0 Å². The fraction of sp³-hybridized carbons (Fsp3) is 0.417. The number of likely N-dealkylation sites (N-methyl/N-ethyl adjacent to an activating group) is 1. The van der Waals surface area contributed by atoms with Crippen molar-refractivity contribution in [3.8, 4) is 0 Å². The highest BCUT2D eigenvalue weighted by Crippen LogP contribution is 2.30. The lowest BCUT2D eigenvalue weighted by atomic mass is 10.2.